The lowest BCUT2D eigenvalue weighted by Crippen LogP contribution is -2.38. The lowest BCUT2D eigenvalue weighted by Gasteiger charge is -2.28. The third-order valence-corrected chi connectivity index (χ3v) is 5.33. The third-order valence-electron chi connectivity index (χ3n) is 4.28. The highest BCUT2D eigenvalue weighted by atomic mass is 32.2. The Hall–Kier alpha value is -2.50. The number of morpholine rings is 1. The molecule has 2 aromatic rings. The van der Waals surface area contributed by atoms with Crippen LogP contribution in [0.2, 0.25) is 0 Å². The number of rotatable bonds is 6. The first-order valence-corrected chi connectivity index (χ1v) is 9.71. The van der Waals surface area contributed by atoms with Gasteiger partial charge in [-0.25, -0.2) is 0 Å². The minimum atomic E-state index is -0.345. The Labute approximate surface area is 163 Å². The molecule has 0 aliphatic carbocycles. The van der Waals surface area contributed by atoms with Crippen molar-refractivity contribution in [1.29, 1.82) is 0 Å². The lowest BCUT2D eigenvalue weighted by molar-refractivity contribution is -0.120. The number of carbonyl (C=O) groups is 1. The summed E-state index contributed by atoms with van der Waals surface area (Å²) in [7, 11) is 0. The van der Waals surface area contributed by atoms with Crippen molar-refractivity contribution in [2.45, 2.75) is 24.3 Å². The molecule has 8 heteroatoms. The van der Waals surface area contributed by atoms with Gasteiger partial charge in [0, 0.05) is 13.1 Å². The number of aromatic nitrogens is 3. The number of hydrogen-bond donors (Lipinski definition) is 1. The number of thioether (sulfide) groups is 1. The van der Waals surface area contributed by atoms with Crippen molar-refractivity contribution in [1.82, 2.24) is 20.1 Å². The highest BCUT2D eigenvalue weighted by Crippen LogP contribution is 2.30. The molecule has 1 aliphatic rings. The van der Waals surface area contributed by atoms with E-state index >= 15 is 0 Å². The van der Waals surface area contributed by atoms with Crippen LogP contribution in [0.15, 0.2) is 29.4 Å². The number of benzene rings is 1. The van der Waals surface area contributed by atoms with Gasteiger partial charge in [0.05, 0.1) is 30.7 Å². The Kier molecular flexibility index (Phi) is 6.37. The van der Waals surface area contributed by atoms with E-state index in [2.05, 4.69) is 39.3 Å². The SMILES string of the molecule is C#CCNC(=O)C(C)Sc1nnc(N2CCOCC2)n1-c1ccccc1C. The first-order chi connectivity index (χ1) is 13.1. The molecule has 142 valence electrons. The standard InChI is InChI=1S/C19H23N5O2S/c1-4-9-20-17(25)15(3)27-19-22-21-18(23-10-12-26-13-11-23)24(19)16-8-6-5-7-14(16)2/h1,5-8,15H,9-13H2,2-3H3,(H,20,25). The lowest BCUT2D eigenvalue weighted by atomic mass is 10.2. The van der Waals surface area contributed by atoms with Gasteiger partial charge in [0.25, 0.3) is 0 Å². The van der Waals surface area contributed by atoms with Crippen molar-refractivity contribution < 1.29 is 9.53 Å². The summed E-state index contributed by atoms with van der Waals surface area (Å²) in [5.41, 5.74) is 2.11. The van der Waals surface area contributed by atoms with Gasteiger partial charge < -0.3 is 15.0 Å². The van der Waals surface area contributed by atoms with E-state index in [-0.39, 0.29) is 17.7 Å². The van der Waals surface area contributed by atoms with E-state index in [1.165, 1.54) is 11.8 Å². The number of nitrogens with one attached hydrogen (secondary N) is 1. The van der Waals surface area contributed by atoms with E-state index < -0.39 is 0 Å². The molecule has 27 heavy (non-hydrogen) atoms. The molecule has 1 atom stereocenters. The molecule has 1 N–H and O–H groups in total. The van der Waals surface area contributed by atoms with Crippen LogP contribution in [0, 0.1) is 19.3 Å². The minimum absolute atomic E-state index is 0.120. The third kappa shape index (κ3) is 4.43. The van der Waals surface area contributed by atoms with Gasteiger partial charge in [-0.15, -0.1) is 16.6 Å². The van der Waals surface area contributed by atoms with Crippen molar-refractivity contribution in [3.8, 4) is 18.0 Å². The molecule has 0 radical (unpaired) electrons. The average molecular weight is 385 g/mol. The van der Waals surface area contributed by atoms with Gasteiger partial charge in [0.15, 0.2) is 5.16 Å². The molecule has 1 aromatic heterocycles. The van der Waals surface area contributed by atoms with E-state index in [1.54, 1.807) is 0 Å². The number of nitrogens with zero attached hydrogens (tertiary/aromatic N) is 4. The molecule has 1 aliphatic heterocycles. The van der Waals surface area contributed by atoms with Crippen LogP contribution in [-0.2, 0) is 9.53 Å². The fraction of sp³-hybridized carbons (Fsp3) is 0.421. The van der Waals surface area contributed by atoms with E-state index in [9.17, 15) is 4.79 Å². The molecule has 3 rings (SSSR count). The molecule has 0 saturated carbocycles. The zero-order valence-corrected chi connectivity index (χ0v) is 16.3. The fourth-order valence-electron chi connectivity index (χ4n) is 2.83. The van der Waals surface area contributed by atoms with E-state index in [1.807, 2.05) is 29.7 Å². The van der Waals surface area contributed by atoms with Gasteiger partial charge in [0.2, 0.25) is 11.9 Å². The van der Waals surface area contributed by atoms with Crippen LogP contribution in [0.3, 0.4) is 0 Å². The normalized spacial score (nSPS) is 15.2. The number of amides is 1. The van der Waals surface area contributed by atoms with Gasteiger partial charge in [-0.05, 0) is 25.5 Å². The molecule has 0 bridgehead atoms. The quantitative estimate of drug-likeness (QED) is 0.602. The van der Waals surface area contributed by atoms with Crippen molar-refractivity contribution >= 4 is 23.6 Å². The molecule has 2 heterocycles. The van der Waals surface area contributed by atoms with Gasteiger partial charge in [-0.3, -0.25) is 9.36 Å². The summed E-state index contributed by atoms with van der Waals surface area (Å²) in [4.78, 5) is 14.4. The van der Waals surface area contributed by atoms with E-state index in [0.717, 1.165) is 30.3 Å². The summed E-state index contributed by atoms with van der Waals surface area (Å²) in [5, 5.41) is 11.9. The van der Waals surface area contributed by atoms with Crippen LogP contribution < -0.4 is 10.2 Å². The molecule has 1 fully saturated rings. The summed E-state index contributed by atoms with van der Waals surface area (Å²) in [6.07, 6.45) is 5.22. The second kappa shape index (κ2) is 8.93. The largest absolute Gasteiger partial charge is 0.378 e. The Bertz CT molecular complexity index is 839. The predicted molar refractivity (Wildman–Crippen MR) is 106 cm³/mol. The van der Waals surface area contributed by atoms with Crippen molar-refractivity contribution in [3.05, 3.63) is 29.8 Å². The fourth-order valence-corrected chi connectivity index (χ4v) is 3.71. The predicted octanol–water partition coefficient (Wildman–Crippen LogP) is 1.64. The highest BCUT2D eigenvalue weighted by Gasteiger charge is 2.25. The number of carbonyl (C=O) groups excluding carboxylic acids is 1. The monoisotopic (exact) mass is 385 g/mol. The topological polar surface area (TPSA) is 72.3 Å². The Morgan fingerprint density at radius 3 is 2.81 bits per heavy atom. The first kappa shape index (κ1) is 19.3. The maximum Gasteiger partial charge on any atom is 0.234 e. The van der Waals surface area contributed by atoms with Crippen molar-refractivity contribution in [3.63, 3.8) is 0 Å². The number of terminal acetylenes is 1. The molecular formula is C19H23N5O2S. The van der Waals surface area contributed by atoms with Gasteiger partial charge in [-0.1, -0.05) is 35.9 Å². The van der Waals surface area contributed by atoms with Gasteiger partial charge in [-0.2, -0.15) is 0 Å². The molecule has 1 aromatic carbocycles. The van der Waals surface area contributed by atoms with Crippen LogP contribution in [0.1, 0.15) is 12.5 Å². The Balaban J connectivity index is 1.94. The van der Waals surface area contributed by atoms with Gasteiger partial charge >= 0.3 is 0 Å². The van der Waals surface area contributed by atoms with Crippen LogP contribution in [0.25, 0.3) is 5.69 Å². The number of para-hydroxylation sites is 1. The first-order valence-electron chi connectivity index (χ1n) is 8.83. The second-order valence-electron chi connectivity index (χ2n) is 6.19. The number of hydrogen-bond acceptors (Lipinski definition) is 6. The minimum Gasteiger partial charge on any atom is -0.378 e. The molecule has 1 saturated heterocycles. The molecule has 7 nitrogen and oxygen atoms in total. The van der Waals surface area contributed by atoms with Crippen LogP contribution in [0.4, 0.5) is 5.95 Å². The molecular weight excluding hydrogens is 362 g/mol. The van der Waals surface area contributed by atoms with E-state index in [0.29, 0.717) is 18.4 Å². The average Bonchev–Trinajstić information content (AvgIpc) is 3.10. The molecule has 1 unspecified atom stereocenters. The van der Waals surface area contributed by atoms with Crippen LogP contribution in [-0.4, -0.2) is 58.8 Å². The summed E-state index contributed by atoms with van der Waals surface area (Å²) in [6.45, 7) is 6.94. The maximum absolute atomic E-state index is 12.2. The summed E-state index contributed by atoms with van der Waals surface area (Å²) >= 11 is 1.37. The number of anilines is 1. The zero-order chi connectivity index (χ0) is 19.2. The molecule has 1 amide bonds. The van der Waals surface area contributed by atoms with Gasteiger partial charge in [0.1, 0.15) is 0 Å². The van der Waals surface area contributed by atoms with Crippen molar-refractivity contribution in [2.75, 3.05) is 37.7 Å². The Morgan fingerprint density at radius 1 is 1.37 bits per heavy atom. The van der Waals surface area contributed by atoms with Crippen LogP contribution >= 0.6 is 11.8 Å². The number of aryl methyl sites for hydroxylation is 1. The highest BCUT2D eigenvalue weighted by molar-refractivity contribution is 8.00. The van der Waals surface area contributed by atoms with Crippen molar-refractivity contribution in [2.24, 2.45) is 0 Å². The summed E-state index contributed by atoms with van der Waals surface area (Å²) in [6, 6.07) is 8.08. The van der Waals surface area contributed by atoms with Crippen LogP contribution in [0.5, 0.6) is 0 Å². The number of ether oxygens (including phenoxy) is 1. The summed E-state index contributed by atoms with van der Waals surface area (Å²) < 4.78 is 7.48. The summed E-state index contributed by atoms with van der Waals surface area (Å²) in [5.74, 6) is 3.07. The second-order valence-corrected chi connectivity index (χ2v) is 7.49. The maximum atomic E-state index is 12.2. The van der Waals surface area contributed by atoms with E-state index in [4.69, 9.17) is 11.2 Å². The zero-order valence-electron chi connectivity index (χ0n) is 15.5. The smallest absolute Gasteiger partial charge is 0.234 e. The Morgan fingerprint density at radius 2 is 2.11 bits per heavy atom. The molecule has 0 spiro atoms.